The molecule has 1 fully saturated rings. The predicted molar refractivity (Wildman–Crippen MR) is 135 cm³/mol. The Balaban J connectivity index is 1.37. The SMILES string of the molecule is O=C(C=Cc1ccc(-c2ccc(Cl)cc2)o1)NC(=S)Nc1cccc(Cl)c1N1CCCC1. The summed E-state index contributed by atoms with van der Waals surface area (Å²) in [7, 11) is 0. The zero-order chi connectivity index (χ0) is 22.5. The maximum Gasteiger partial charge on any atom is 0.250 e. The van der Waals surface area contributed by atoms with Crippen LogP contribution in [0.4, 0.5) is 11.4 Å². The van der Waals surface area contributed by atoms with Crippen LogP contribution in [0.3, 0.4) is 0 Å². The summed E-state index contributed by atoms with van der Waals surface area (Å²) in [5, 5.41) is 7.26. The third-order valence-corrected chi connectivity index (χ3v) is 5.81. The average molecular weight is 486 g/mol. The third kappa shape index (κ3) is 5.51. The minimum atomic E-state index is -0.364. The highest BCUT2D eigenvalue weighted by atomic mass is 35.5. The van der Waals surface area contributed by atoms with Gasteiger partial charge in [-0.3, -0.25) is 10.1 Å². The summed E-state index contributed by atoms with van der Waals surface area (Å²) in [5.74, 6) is 0.876. The Morgan fingerprint density at radius 3 is 2.53 bits per heavy atom. The van der Waals surface area contributed by atoms with Gasteiger partial charge in [0, 0.05) is 29.8 Å². The van der Waals surface area contributed by atoms with E-state index in [9.17, 15) is 4.79 Å². The summed E-state index contributed by atoms with van der Waals surface area (Å²) < 4.78 is 5.77. The van der Waals surface area contributed by atoms with Crippen molar-refractivity contribution < 1.29 is 9.21 Å². The summed E-state index contributed by atoms with van der Waals surface area (Å²) in [6.07, 6.45) is 5.22. The van der Waals surface area contributed by atoms with Gasteiger partial charge in [0.15, 0.2) is 5.11 Å². The normalized spacial score (nSPS) is 13.5. The molecule has 1 aliphatic rings. The van der Waals surface area contributed by atoms with Crippen LogP contribution in [-0.4, -0.2) is 24.1 Å². The van der Waals surface area contributed by atoms with Crippen molar-refractivity contribution in [3.63, 3.8) is 0 Å². The maximum absolute atomic E-state index is 12.3. The van der Waals surface area contributed by atoms with Gasteiger partial charge in [-0.15, -0.1) is 0 Å². The Kier molecular flexibility index (Phi) is 7.15. The zero-order valence-corrected chi connectivity index (χ0v) is 19.4. The van der Waals surface area contributed by atoms with Crippen molar-refractivity contribution in [2.75, 3.05) is 23.3 Å². The molecule has 164 valence electrons. The maximum atomic E-state index is 12.3. The van der Waals surface area contributed by atoms with Gasteiger partial charge in [0.25, 0.3) is 0 Å². The molecular formula is C24H21Cl2N3O2S. The number of halogens is 2. The largest absolute Gasteiger partial charge is 0.457 e. The lowest BCUT2D eigenvalue weighted by Gasteiger charge is -2.23. The number of anilines is 2. The number of carbonyl (C=O) groups is 1. The Morgan fingerprint density at radius 1 is 1.03 bits per heavy atom. The molecule has 5 nitrogen and oxygen atoms in total. The molecule has 1 amide bonds. The second-order valence-electron chi connectivity index (χ2n) is 7.32. The number of furan rings is 1. The standard InChI is InChI=1S/C24H21Cl2N3O2S/c25-17-8-6-16(7-9-17)21-12-10-18(31-21)11-13-22(30)28-24(32)27-20-5-3-4-19(26)23(20)29-14-1-2-15-29/h3-13H,1-2,14-15H2,(H2,27,28,30,32). The number of nitrogens with zero attached hydrogens (tertiary/aromatic N) is 1. The quantitative estimate of drug-likeness (QED) is 0.324. The van der Waals surface area contributed by atoms with Gasteiger partial charge in [-0.25, -0.2) is 0 Å². The van der Waals surface area contributed by atoms with Crippen LogP contribution in [0.25, 0.3) is 17.4 Å². The van der Waals surface area contributed by atoms with Crippen LogP contribution >= 0.6 is 35.4 Å². The Bertz CT molecular complexity index is 1150. The van der Waals surface area contributed by atoms with Crippen molar-refractivity contribution >= 4 is 63.9 Å². The average Bonchev–Trinajstić information content (AvgIpc) is 3.45. The van der Waals surface area contributed by atoms with Crippen LogP contribution in [0.2, 0.25) is 10.0 Å². The molecule has 0 unspecified atom stereocenters. The molecule has 2 aromatic carbocycles. The summed E-state index contributed by atoms with van der Waals surface area (Å²) >= 11 is 17.7. The highest BCUT2D eigenvalue weighted by molar-refractivity contribution is 7.80. The van der Waals surface area contributed by atoms with Crippen LogP contribution in [0.15, 0.2) is 65.1 Å². The van der Waals surface area contributed by atoms with E-state index in [1.54, 1.807) is 24.3 Å². The van der Waals surface area contributed by atoms with E-state index in [2.05, 4.69) is 15.5 Å². The highest BCUT2D eigenvalue weighted by Crippen LogP contribution is 2.35. The van der Waals surface area contributed by atoms with E-state index in [0.29, 0.717) is 21.6 Å². The summed E-state index contributed by atoms with van der Waals surface area (Å²) in [4.78, 5) is 14.5. The van der Waals surface area contributed by atoms with Gasteiger partial charge in [-0.05, 0) is 79.7 Å². The van der Waals surface area contributed by atoms with Gasteiger partial charge < -0.3 is 14.6 Å². The van der Waals surface area contributed by atoms with E-state index in [0.717, 1.165) is 42.9 Å². The highest BCUT2D eigenvalue weighted by Gasteiger charge is 2.19. The number of para-hydroxylation sites is 1. The Morgan fingerprint density at radius 2 is 1.78 bits per heavy atom. The zero-order valence-electron chi connectivity index (χ0n) is 17.1. The minimum Gasteiger partial charge on any atom is -0.457 e. The van der Waals surface area contributed by atoms with Gasteiger partial charge in [0.05, 0.1) is 16.4 Å². The molecule has 1 aromatic heterocycles. The van der Waals surface area contributed by atoms with Crippen LogP contribution in [-0.2, 0) is 4.79 Å². The summed E-state index contributed by atoms with van der Waals surface area (Å²) in [6.45, 7) is 1.89. The fourth-order valence-electron chi connectivity index (χ4n) is 3.55. The van der Waals surface area contributed by atoms with E-state index in [1.807, 2.05) is 36.4 Å². The molecule has 0 atom stereocenters. The van der Waals surface area contributed by atoms with Crippen LogP contribution in [0, 0.1) is 0 Å². The fraction of sp³-hybridized carbons (Fsp3) is 0.167. The van der Waals surface area contributed by atoms with Crippen LogP contribution in [0.5, 0.6) is 0 Å². The third-order valence-electron chi connectivity index (χ3n) is 5.05. The molecule has 0 radical (unpaired) electrons. The van der Waals surface area contributed by atoms with Gasteiger partial charge in [-0.1, -0.05) is 29.3 Å². The van der Waals surface area contributed by atoms with Crippen molar-refractivity contribution in [3.05, 3.63) is 76.5 Å². The van der Waals surface area contributed by atoms with E-state index in [4.69, 9.17) is 39.8 Å². The van der Waals surface area contributed by atoms with E-state index in [1.165, 1.54) is 6.08 Å². The predicted octanol–water partition coefficient (Wildman–Crippen LogP) is 6.38. The first-order valence-electron chi connectivity index (χ1n) is 10.2. The van der Waals surface area contributed by atoms with Crippen LogP contribution in [0.1, 0.15) is 18.6 Å². The molecule has 2 N–H and O–H groups in total. The van der Waals surface area contributed by atoms with Gasteiger partial charge in [0.1, 0.15) is 11.5 Å². The lowest BCUT2D eigenvalue weighted by Crippen LogP contribution is -2.33. The number of hydrogen-bond acceptors (Lipinski definition) is 4. The lowest BCUT2D eigenvalue weighted by molar-refractivity contribution is -0.115. The monoisotopic (exact) mass is 485 g/mol. The summed E-state index contributed by atoms with van der Waals surface area (Å²) in [6, 6.07) is 16.6. The number of rotatable bonds is 5. The number of hydrogen-bond donors (Lipinski definition) is 2. The molecule has 0 aliphatic carbocycles. The Labute approximate surface area is 202 Å². The van der Waals surface area contributed by atoms with Crippen LogP contribution < -0.4 is 15.5 Å². The molecule has 8 heteroatoms. The van der Waals surface area contributed by atoms with Crippen molar-refractivity contribution in [3.8, 4) is 11.3 Å². The topological polar surface area (TPSA) is 57.5 Å². The number of thiocarbonyl (C=S) groups is 1. The molecule has 3 aromatic rings. The molecule has 4 rings (SSSR count). The first-order chi connectivity index (χ1) is 15.5. The molecule has 0 spiro atoms. The first kappa shape index (κ1) is 22.4. The number of benzene rings is 2. The van der Waals surface area contributed by atoms with E-state index < -0.39 is 0 Å². The molecule has 0 saturated carbocycles. The fourth-order valence-corrected chi connectivity index (χ4v) is 4.19. The number of amides is 1. The van der Waals surface area contributed by atoms with Crippen molar-refractivity contribution in [2.24, 2.45) is 0 Å². The summed E-state index contributed by atoms with van der Waals surface area (Å²) in [5.41, 5.74) is 2.58. The van der Waals surface area contributed by atoms with Crippen molar-refractivity contribution in [1.29, 1.82) is 0 Å². The van der Waals surface area contributed by atoms with Crippen molar-refractivity contribution in [2.45, 2.75) is 12.8 Å². The molecule has 2 heterocycles. The lowest BCUT2D eigenvalue weighted by atomic mass is 10.2. The second kappa shape index (κ2) is 10.2. The molecular weight excluding hydrogens is 465 g/mol. The second-order valence-corrected chi connectivity index (χ2v) is 8.57. The molecule has 1 aliphatic heterocycles. The van der Waals surface area contributed by atoms with Gasteiger partial charge in [0.2, 0.25) is 5.91 Å². The number of carbonyl (C=O) groups excluding carboxylic acids is 1. The Hall–Kier alpha value is -2.80. The van der Waals surface area contributed by atoms with Crippen molar-refractivity contribution in [1.82, 2.24) is 5.32 Å². The smallest absolute Gasteiger partial charge is 0.250 e. The van der Waals surface area contributed by atoms with E-state index >= 15 is 0 Å². The molecule has 0 bridgehead atoms. The van der Waals surface area contributed by atoms with Gasteiger partial charge >= 0.3 is 0 Å². The first-order valence-corrected chi connectivity index (χ1v) is 11.4. The number of nitrogens with one attached hydrogen (secondary N) is 2. The van der Waals surface area contributed by atoms with E-state index in [-0.39, 0.29) is 11.0 Å². The molecule has 1 saturated heterocycles. The minimum absolute atomic E-state index is 0.198. The molecule has 32 heavy (non-hydrogen) atoms. The van der Waals surface area contributed by atoms with Gasteiger partial charge in [-0.2, -0.15) is 0 Å².